The summed E-state index contributed by atoms with van der Waals surface area (Å²) in [5, 5.41) is 0. The second-order valence-corrected chi connectivity index (χ2v) is 3.29. The molecule has 0 aliphatic carbocycles. The van der Waals surface area contributed by atoms with Crippen LogP contribution in [-0.4, -0.2) is 5.78 Å². The molecule has 0 fully saturated rings. The van der Waals surface area contributed by atoms with Crippen molar-refractivity contribution in [2.45, 2.75) is 47.0 Å². The Morgan fingerprint density at radius 1 is 1.33 bits per heavy atom. The molecule has 0 saturated heterocycles. The lowest BCUT2D eigenvalue weighted by Crippen LogP contribution is -2.12. The minimum absolute atomic E-state index is 0.278. The van der Waals surface area contributed by atoms with Gasteiger partial charge in [-0.2, -0.15) is 0 Å². The smallest absolute Gasteiger partial charge is 0.139 e. The average Bonchev–Trinajstić information content (AvgIpc) is 2.06. The first-order valence-electron chi connectivity index (χ1n) is 4.80. The molecule has 0 aliphatic heterocycles. The van der Waals surface area contributed by atoms with Crippen LogP contribution in [0.4, 0.5) is 0 Å². The summed E-state index contributed by atoms with van der Waals surface area (Å²) in [6.45, 7) is 8.16. The molecule has 0 bridgehead atoms. The number of Topliss-reactive ketones (excluding diaryl/α,β-unsaturated/α-hetero) is 1. The van der Waals surface area contributed by atoms with Gasteiger partial charge >= 0.3 is 0 Å². The molecule has 0 aliphatic rings. The molecule has 12 heavy (non-hydrogen) atoms. The fraction of sp³-hybridized carbons (Fsp3) is 0.727. The first kappa shape index (κ1) is 11.4. The standard InChI is InChI=1S/C11H20O/c1-5-9(4)8-11(12)10(6-2)7-3/h5,10H,6-8H2,1-4H3. The lowest BCUT2D eigenvalue weighted by molar-refractivity contribution is -0.122. The highest BCUT2D eigenvalue weighted by atomic mass is 16.1. The van der Waals surface area contributed by atoms with Crippen LogP contribution in [0.5, 0.6) is 0 Å². The summed E-state index contributed by atoms with van der Waals surface area (Å²) in [4.78, 5) is 11.5. The molecule has 0 radical (unpaired) electrons. The van der Waals surface area contributed by atoms with Crippen molar-refractivity contribution in [1.29, 1.82) is 0 Å². The fourth-order valence-corrected chi connectivity index (χ4v) is 1.27. The van der Waals surface area contributed by atoms with Crippen molar-refractivity contribution in [3.05, 3.63) is 11.6 Å². The van der Waals surface area contributed by atoms with Crippen molar-refractivity contribution in [3.63, 3.8) is 0 Å². The molecule has 70 valence electrons. The minimum Gasteiger partial charge on any atom is -0.299 e. The summed E-state index contributed by atoms with van der Waals surface area (Å²) in [6.07, 6.45) is 4.61. The van der Waals surface area contributed by atoms with Gasteiger partial charge in [-0.25, -0.2) is 0 Å². The first-order chi connectivity index (χ1) is 5.65. The van der Waals surface area contributed by atoms with Gasteiger partial charge in [-0.1, -0.05) is 25.5 Å². The number of carbonyl (C=O) groups is 1. The van der Waals surface area contributed by atoms with Gasteiger partial charge in [-0.05, 0) is 26.7 Å². The first-order valence-corrected chi connectivity index (χ1v) is 4.80. The molecular weight excluding hydrogens is 148 g/mol. The second kappa shape index (κ2) is 5.99. The van der Waals surface area contributed by atoms with E-state index < -0.39 is 0 Å². The predicted molar refractivity (Wildman–Crippen MR) is 53.1 cm³/mol. The fourth-order valence-electron chi connectivity index (χ4n) is 1.27. The number of hydrogen-bond donors (Lipinski definition) is 0. The summed E-state index contributed by atoms with van der Waals surface area (Å²) in [6, 6.07) is 0. The quantitative estimate of drug-likeness (QED) is 0.575. The van der Waals surface area contributed by atoms with Crippen molar-refractivity contribution in [2.24, 2.45) is 5.92 Å². The number of hydrogen-bond acceptors (Lipinski definition) is 1. The van der Waals surface area contributed by atoms with Gasteiger partial charge in [0, 0.05) is 12.3 Å². The predicted octanol–water partition coefficient (Wildman–Crippen LogP) is 3.35. The summed E-state index contributed by atoms with van der Waals surface area (Å²) >= 11 is 0. The van der Waals surface area contributed by atoms with E-state index in [0.29, 0.717) is 12.2 Å². The Labute approximate surface area is 75.9 Å². The van der Waals surface area contributed by atoms with E-state index in [4.69, 9.17) is 0 Å². The number of carbonyl (C=O) groups excluding carboxylic acids is 1. The molecule has 1 nitrogen and oxygen atoms in total. The van der Waals surface area contributed by atoms with Gasteiger partial charge in [0.1, 0.15) is 5.78 Å². The topological polar surface area (TPSA) is 17.1 Å². The third kappa shape index (κ3) is 3.70. The number of rotatable bonds is 5. The largest absolute Gasteiger partial charge is 0.299 e. The highest BCUT2D eigenvalue weighted by Gasteiger charge is 2.13. The van der Waals surface area contributed by atoms with Crippen LogP contribution in [0.1, 0.15) is 47.0 Å². The van der Waals surface area contributed by atoms with Crippen LogP contribution in [0.3, 0.4) is 0 Å². The molecule has 0 aromatic rings. The lowest BCUT2D eigenvalue weighted by Gasteiger charge is -2.10. The third-order valence-corrected chi connectivity index (χ3v) is 2.39. The molecule has 0 unspecified atom stereocenters. The SMILES string of the molecule is CC=C(C)CC(=O)C(CC)CC. The zero-order chi connectivity index (χ0) is 9.56. The van der Waals surface area contributed by atoms with Gasteiger partial charge in [0.2, 0.25) is 0 Å². The van der Waals surface area contributed by atoms with Crippen molar-refractivity contribution >= 4 is 5.78 Å². The Morgan fingerprint density at radius 3 is 2.17 bits per heavy atom. The second-order valence-electron chi connectivity index (χ2n) is 3.29. The van der Waals surface area contributed by atoms with Crippen LogP contribution in [0, 0.1) is 5.92 Å². The normalized spacial score (nSPS) is 12.2. The Bertz CT molecular complexity index is 164. The van der Waals surface area contributed by atoms with E-state index in [1.165, 1.54) is 5.57 Å². The highest BCUT2D eigenvalue weighted by molar-refractivity contribution is 5.83. The van der Waals surface area contributed by atoms with Crippen LogP contribution in [0.2, 0.25) is 0 Å². The van der Waals surface area contributed by atoms with Crippen molar-refractivity contribution in [3.8, 4) is 0 Å². The van der Waals surface area contributed by atoms with Gasteiger partial charge in [0.05, 0.1) is 0 Å². The van der Waals surface area contributed by atoms with Gasteiger partial charge in [-0.3, -0.25) is 4.79 Å². The molecule has 0 heterocycles. The molecule has 0 N–H and O–H groups in total. The Morgan fingerprint density at radius 2 is 1.83 bits per heavy atom. The molecule has 0 saturated carbocycles. The van der Waals surface area contributed by atoms with E-state index in [2.05, 4.69) is 13.8 Å². The Hall–Kier alpha value is -0.590. The molecule has 0 amide bonds. The van der Waals surface area contributed by atoms with Gasteiger partial charge < -0.3 is 0 Å². The van der Waals surface area contributed by atoms with Crippen molar-refractivity contribution in [1.82, 2.24) is 0 Å². The Kier molecular flexibility index (Phi) is 5.69. The molecular formula is C11H20O. The van der Waals surface area contributed by atoms with E-state index in [9.17, 15) is 4.79 Å². The lowest BCUT2D eigenvalue weighted by atomic mass is 9.94. The summed E-state index contributed by atoms with van der Waals surface area (Å²) in [5.41, 5.74) is 1.19. The maximum Gasteiger partial charge on any atom is 0.139 e. The molecule has 0 rings (SSSR count). The zero-order valence-electron chi connectivity index (χ0n) is 8.68. The monoisotopic (exact) mass is 168 g/mol. The van der Waals surface area contributed by atoms with Gasteiger partial charge in [-0.15, -0.1) is 0 Å². The third-order valence-electron chi connectivity index (χ3n) is 2.39. The van der Waals surface area contributed by atoms with Gasteiger partial charge in [0.15, 0.2) is 0 Å². The summed E-state index contributed by atoms with van der Waals surface area (Å²) < 4.78 is 0. The minimum atomic E-state index is 0.278. The Balaban J connectivity index is 4.01. The van der Waals surface area contributed by atoms with Crippen molar-refractivity contribution in [2.75, 3.05) is 0 Å². The van der Waals surface area contributed by atoms with Crippen LogP contribution in [-0.2, 0) is 4.79 Å². The van der Waals surface area contributed by atoms with Gasteiger partial charge in [0.25, 0.3) is 0 Å². The van der Waals surface area contributed by atoms with Crippen LogP contribution < -0.4 is 0 Å². The molecule has 0 aromatic heterocycles. The summed E-state index contributed by atoms with van der Waals surface area (Å²) in [7, 11) is 0. The average molecular weight is 168 g/mol. The molecule has 0 atom stereocenters. The van der Waals surface area contributed by atoms with E-state index in [1.54, 1.807) is 0 Å². The van der Waals surface area contributed by atoms with Crippen LogP contribution >= 0.6 is 0 Å². The zero-order valence-corrected chi connectivity index (χ0v) is 8.68. The summed E-state index contributed by atoms with van der Waals surface area (Å²) in [5.74, 6) is 0.676. The van der Waals surface area contributed by atoms with E-state index in [0.717, 1.165) is 12.8 Å². The number of ketones is 1. The van der Waals surface area contributed by atoms with Crippen LogP contribution in [0.15, 0.2) is 11.6 Å². The maximum absolute atomic E-state index is 11.5. The molecule has 1 heteroatoms. The highest BCUT2D eigenvalue weighted by Crippen LogP contribution is 2.14. The van der Waals surface area contributed by atoms with E-state index >= 15 is 0 Å². The number of allylic oxidation sites excluding steroid dienone is 2. The van der Waals surface area contributed by atoms with E-state index in [1.807, 2.05) is 19.9 Å². The van der Waals surface area contributed by atoms with E-state index in [-0.39, 0.29) is 5.92 Å². The van der Waals surface area contributed by atoms with Crippen molar-refractivity contribution < 1.29 is 4.79 Å². The molecule has 0 aromatic carbocycles. The maximum atomic E-state index is 11.5. The van der Waals surface area contributed by atoms with Crippen LogP contribution in [0.25, 0.3) is 0 Å². The molecule has 0 spiro atoms.